The van der Waals surface area contributed by atoms with Gasteiger partial charge in [-0.05, 0) is 12.5 Å². The molecule has 0 saturated carbocycles. The summed E-state index contributed by atoms with van der Waals surface area (Å²) in [4.78, 5) is 14.6. The van der Waals surface area contributed by atoms with Gasteiger partial charge in [-0.3, -0.25) is 4.90 Å². The van der Waals surface area contributed by atoms with E-state index in [0.717, 1.165) is 75.3 Å². The summed E-state index contributed by atoms with van der Waals surface area (Å²) in [6.45, 7) is 10.1. The van der Waals surface area contributed by atoms with Gasteiger partial charge in [-0.2, -0.15) is 0 Å². The van der Waals surface area contributed by atoms with Crippen LogP contribution in [0.2, 0.25) is 0 Å². The van der Waals surface area contributed by atoms with E-state index in [-0.39, 0.29) is 0 Å². The summed E-state index contributed by atoms with van der Waals surface area (Å²) in [5.74, 6) is 2.68. The Hall–Kier alpha value is -2.18. The predicted octanol–water partition coefficient (Wildman–Crippen LogP) is 2.70. The largest absolute Gasteiger partial charge is 0.508 e. The lowest BCUT2D eigenvalue weighted by Gasteiger charge is -2.34. The fourth-order valence-electron chi connectivity index (χ4n) is 3.80. The van der Waals surface area contributed by atoms with Gasteiger partial charge in [-0.1, -0.05) is 32.0 Å². The van der Waals surface area contributed by atoms with E-state index in [2.05, 4.69) is 23.6 Å². The number of fused-ring (bicyclic) bond motifs is 1. The predicted molar refractivity (Wildman–Crippen MR) is 105 cm³/mol. The number of aromatic hydroxyl groups is 1. The van der Waals surface area contributed by atoms with Crippen LogP contribution in [-0.2, 0) is 24.2 Å². The Balaban J connectivity index is 1.62. The third kappa shape index (κ3) is 3.92. The number of benzene rings is 1. The third-order valence-electron chi connectivity index (χ3n) is 5.35. The smallest absolute Gasteiger partial charge is 0.136 e. The second-order valence-corrected chi connectivity index (χ2v) is 7.67. The second-order valence-electron chi connectivity index (χ2n) is 7.67. The fraction of sp³-hybridized carbons (Fsp3) is 0.524. The summed E-state index contributed by atoms with van der Waals surface area (Å²) in [6, 6.07) is 7.58. The van der Waals surface area contributed by atoms with E-state index in [4.69, 9.17) is 14.7 Å². The van der Waals surface area contributed by atoms with Crippen molar-refractivity contribution < 1.29 is 9.84 Å². The molecule has 0 amide bonds. The minimum absolute atomic E-state index is 0.295. The summed E-state index contributed by atoms with van der Waals surface area (Å²) >= 11 is 0. The standard InChI is InChI=1S/C21H28N4O2/c1-15(2)20-22-18-14-24(13-16-5-3-4-6-19(16)26)8-7-17(18)21(23-20)25-9-11-27-12-10-25/h3-6,15,26H,7-14H2,1-2H3. The van der Waals surface area contributed by atoms with Crippen LogP contribution in [0.15, 0.2) is 24.3 Å². The first-order valence-corrected chi connectivity index (χ1v) is 9.83. The molecule has 2 aromatic rings. The van der Waals surface area contributed by atoms with E-state index in [1.807, 2.05) is 18.2 Å². The van der Waals surface area contributed by atoms with Gasteiger partial charge in [-0.15, -0.1) is 0 Å². The molecule has 1 fully saturated rings. The van der Waals surface area contributed by atoms with Crippen LogP contribution < -0.4 is 4.90 Å². The zero-order valence-corrected chi connectivity index (χ0v) is 16.2. The first-order chi connectivity index (χ1) is 13.1. The molecule has 144 valence electrons. The quantitative estimate of drug-likeness (QED) is 0.895. The van der Waals surface area contributed by atoms with Crippen LogP contribution >= 0.6 is 0 Å². The van der Waals surface area contributed by atoms with Crippen molar-refractivity contribution in [3.63, 3.8) is 0 Å². The molecule has 1 aromatic carbocycles. The number of hydrogen-bond donors (Lipinski definition) is 1. The third-order valence-corrected chi connectivity index (χ3v) is 5.35. The van der Waals surface area contributed by atoms with Gasteiger partial charge >= 0.3 is 0 Å². The molecule has 6 heteroatoms. The van der Waals surface area contributed by atoms with Gasteiger partial charge in [-0.25, -0.2) is 9.97 Å². The minimum Gasteiger partial charge on any atom is -0.508 e. The molecular weight excluding hydrogens is 340 g/mol. The Kier molecular flexibility index (Phi) is 5.27. The van der Waals surface area contributed by atoms with E-state index in [1.54, 1.807) is 6.07 Å². The van der Waals surface area contributed by atoms with Gasteiger partial charge in [0.2, 0.25) is 0 Å². The molecule has 1 saturated heterocycles. The molecule has 6 nitrogen and oxygen atoms in total. The van der Waals surface area contributed by atoms with Crippen LogP contribution in [0.5, 0.6) is 5.75 Å². The zero-order valence-electron chi connectivity index (χ0n) is 16.2. The molecule has 4 rings (SSSR count). The minimum atomic E-state index is 0.295. The Labute approximate surface area is 160 Å². The number of anilines is 1. The average molecular weight is 368 g/mol. The number of rotatable bonds is 4. The molecular formula is C21H28N4O2. The lowest BCUT2D eigenvalue weighted by atomic mass is 10.0. The molecule has 0 aliphatic carbocycles. The molecule has 2 aliphatic heterocycles. The van der Waals surface area contributed by atoms with E-state index in [1.165, 1.54) is 5.56 Å². The van der Waals surface area contributed by atoms with Crippen molar-refractivity contribution in [1.82, 2.24) is 14.9 Å². The maximum atomic E-state index is 10.1. The lowest BCUT2D eigenvalue weighted by Crippen LogP contribution is -2.39. The van der Waals surface area contributed by atoms with Crippen molar-refractivity contribution in [3.8, 4) is 5.75 Å². The molecule has 0 atom stereocenters. The Morgan fingerprint density at radius 1 is 1.11 bits per heavy atom. The first-order valence-electron chi connectivity index (χ1n) is 9.83. The highest BCUT2D eigenvalue weighted by Crippen LogP contribution is 2.30. The van der Waals surface area contributed by atoms with Gasteiger partial charge in [0.15, 0.2) is 0 Å². The maximum Gasteiger partial charge on any atom is 0.136 e. The summed E-state index contributed by atoms with van der Waals surface area (Å²) < 4.78 is 5.52. The van der Waals surface area contributed by atoms with Crippen LogP contribution in [-0.4, -0.2) is 52.8 Å². The lowest BCUT2D eigenvalue weighted by molar-refractivity contribution is 0.122. The van der Waals surface area contributed by atoms with E-state index in [0.29, 0.717) is 11.7 Å². The van der Waals surface area contributed by atoms with Crippen LogP contribution in [0.3, 0.4) is 0 Å². The molecule has 1 N–H and O–H groups in total. The number of phenols is 1. The van der Waals surface area contributed by atoms with Crippen LogP contribution in [0.4, 0.5) is 5.82 Å². The summed E-state index contributed by atoms with van der Waals surface area (Å²) in [5.41, 5.74) is 3.39. The van der Waals surface area contributed by atoms with Gasteiger partial charge in [0.25, 0.3) is 0 Å². The van der Waals surface area contributed by atoms with E-state index in [9.17, 15) is 5.11 Å². The molecule has 0 spiro atoms. The molecule has 0 bridgehead atoms. The summed E-state index contributed by atoms with van der Waals surface area (Å²) in [6.07, 6.45) is 0.938. The number of nitrogens with zero attached hydrogens (tertiary/aromatic N) is 4. The van der Waals surface area contributed by atoms with E-state index >= 15 is 0 Å². The molecule has 0 unspecified atom stereocenters. The van der Waals surface area contributed by atoms with Crippen LogP contribution in [0, 0.1) is 0 Å². The number of hydrogen-bond acceptors (Lipinski definition) is 6. The number of para-hydroxylation sites is 1. The molecule has 1 aromatic heterocycles. The summed E-state index contributed by atoms with van der Waals surface area (Å²) in [7, 11) is 0. The van der Waals surface area contributed by atoms with Crippen molar-refractivity contribution in [1.29, 1.82) is 0 Å². The molecule has 0 radical (unpaired) electrons. The maximum absolute atomic E-state index is 10.1. The summed E-state index contributed by atoms with van der Waals surface area (Å²) in [5, 5.41) is 10.1. The highest BCUT2D eigenvalue weighted by atomic mass is 16.5. The number of ether oxygens (including phenoxy) is 1. The first kappa shape index (κ1) is 18.2. The Morgan fingerprint density at radius 3 is 2.63 bits per heavy atom. The SMILES string of the molecule is CC(C)c1nc2c(c(N3CCOCC3)n1)CCN(Cc1ccccc1O)C2. The molecule has 2 aliphatic rings. The van der Waals surface area contributed by atoms with Gasteiger partial charge in [0.05, 0.1) is 18.9 Å². The normalized spacial score (nSPS) is 18.0. The topological polar surface area (TPSA) is 61.7 Å². The van der Waals surface area contributed by atoms with Crippen LogP contribution in [0.1, 0.15) is 42.4 Å². The number of aromatic nitrogens is 2. The molecule has 27 heavy (non-hydrogen) atoms. The average Bonchev–Trinajstić information content (AvgIpc) is 2.69. The van der Waals surface area contributed by atoms with Crippen molar-refractivity contribution >= 4 is 5.82 Å². The zero-order chi connectivity index (χ0) is 18.8. The fourth-order valence-corrected chi connectivity index (χ4v) is 3.80. The van der Waals surface area contributed by atoms with Crippen molar-refractivity contribution in [2.75, 3.05) is 37.7 Å². The van der Waals surface area contributed by atoms with Crippen molar-refractivity contribution in [3.05, 3.63) is 46.9 Å². The molecule has 3 heterocycles. The second kappa shape index (κ2) is 7.82. The highest BCUT2D eigenvalue weighted by molar-refractivity contribution is 5.51. The van der Waals surface area contributed by atoms with Crippen LogP contribution in [0.25, 0.3) is 0 Å². The van der Waals surface area contributed by atoms with E-state index < -0.39 is 0 Å². The Bertz CT molecular complexity index is 803. The van der Waals surface area contributed by atoms with Gasteiger partial charge in [0.1, 0.15) is 17.4 Å². The number of phenolic OH excluding ortho intramolecular Hbond substituents is 1. The monoisotopic (exact) mass is 368 g/mol. The highest BCUT2D eigenvalue weighted by Gasteiger charge is 2.26. The Morgan fingerprint density at radius 2 is 1.89 bits per heavy atom. The number of morpholine rings is 1. The van der Waals surface area contributed by atoms with Crippen molar-refractivity contribution in [2.45, 2.75) is 39.3 Å². The van der Waals surface area contributed by atoms with Gasteiger partial charge < -0.3 is 14.7 Å². The van der Waals surface area contributed by atoms with Crippen molar-refractivity contribution in [2.24, 2.45) is 0 Å². The van der Waals surface area contributed by atoms with Gasteiger partial charge in [0, 0.05) is 49.8 Å².